The fraction of sp³-hybridized carbons (Fsp3) is 0.444. The van der Waals surface area contributed by atoms with Crippen molar-refractivity contribution in [2.45, 2.75) is 19.4 Å². The molecular formula is C18H24N2O4S. The van der Waals surface area contributed by atoms with Crippen LogP contribution in [0, 0.1) is 5.92 Å². The van der Waals surface area contributed by atoms with Gasteiger partial charge >= 0.3 is 0 Å². The Morgan fingerprint density at radius 3 is 2.28 bits per heavy atom. The van der Waals surface area contributed by atoms with E-state index in [1.165, 1.54) is 11.4 Å². The maximum absolute atomic E-state index is 13.0. The third-order valence-corrected chi connectivity index (χ3v) is 5.33. The average Bonchev–Trinajstić information content (AvgIpc) is 3.35. The second-order valence-electron chi connectivity index (χ2n) is 6.65. The third kappa shape index (κ3) is 4.99. The Morgan fingerprint density at radius 2 is 1.76 bits per heavy atom. The predicted octanol–water partition coefficient (Wildman–Crippen LogP) is 1.69. The van der Waals surface area contributed by atoms with Gasteiger partial charge < -0.3 is 4.90 Å². The lowest BCUT2D eigenvalue weighted by molar-refractivity contribution is -0.116. The number of hydrogen-bond donors (Lipinski definition) is 0. The second kappa shape index (κ2) is 7.49. The minimum atomic E-state index is -3.37. The summed E-state index contributed by atoms with van der Waals surface area (Å²) in [6.07, 6.45) is 4.30. The van der Waals surface area contributed by atoms with Gasteiger partial charge in [0.15, 0.2) is 11.6 Å². The summed E-state index contributed by atoms with van der Waals surface area (Å²) >= 11 is 0. The maximum Gasteiger partial charge on any atom is 0.211 e. The molecule has 25 heavy (non-hydrogen) atoms. The molecule has 6 nitrogen and oxygen atoms in total. The van der Waals surface area contributed by atoms with Crippen LogP contribution in [0.15, 0.2) is 36.0 Å². The van der Waals surface area contributed by atoms with Crippen LogP contribution in [0.3, 0.4) is 0 Å². The quantitative estimate of drug-likeness (QED) is 0.304. The van der Waals surface area contributed by atoms with E-state index >= 15 is 0 Å². The van der Waals surface area contributed by atoms with Crippen LogP contribution in [-0.4, -0.2) is 56.6 Å². The van der Waals surface area contributed by atoms with Gasteiger partial charge in [-0.25, -0.2) is 12.7 Å². The van der Waals surface area contributed by atoms with Crippen molar-refractivity contribution in [2.75, 3.05) is 27.4 Å². The minimum absolute atomic E-state index is 0.0685. The summed E-state index contributed by atoms with van der Waals surface area (Å²) in [4.78, 5) is 27.2. The van der Waals surface area contributed by atoms with E-state index in [1.54, 1.807) is 49.5 Å². The number of Topliss-reactive ketones (excluding diaryl/α,β-unsaturated/α-hetero) is 2. The number of benzene rings is 1. The van der Waals surface area contributed by atoms with Crippen molar-refractivity contribution in [1.82, 2.24) is 9.21 Å². The lowest BCUT2D eigenvalue weighted by atomic mass is 9.94. The summed E-state index contributed by atoms with van der Waals surface area (Å²) < 4.78 is 24.5. The number of sulfonamides is 1. The number of carbonyl (C=O) groups is 2. The van der Waals surface area contributed by atoms with E-state index in [-0.39, 0.29) is 29.6 Å². The zero-order chi connectivity index (χ0) is 18.8. The molecule has 1 aromatic carbocycles. The summed E-state index contributed by atoms with van der Waals surface area (Å²) in [5.74, 6) is -0.561. The standard InChI is InChI=1S/C18H24N2O4S/c1-19(2)12-16(17(21)13-9-10-13)18(22)15-8-6-5-7-14(15)11-20(3)25(4,23)24/h5-8,12-13H,9-11H2,1-4H3. The third-order valence-electron chi connectivity index (χ3n) is 4.07. The van der Waals surface area contributed by atoms with E-state index in [0.29, 0.717) is 11.1 Å². The van der Waals surface area contributed by atoms with Gasteiger partial charge in [-0.2, -0.15) is 0 Å². The van der Waals surface area contributed by atoms with Crippen LogP contribution in [0.2, 0.25) is 0 Å². The Kier molecular flexibility index (Phi) is 5.80. The first-order valence-corrected chi connectivity index (χ1v) is 9.92. The summed E-state index contributed by atoms with van der Waals surface area (Å²) in [5.41, 5.74) is 1.09. The molecule has 0 spiro atoms. The monoisotopic (exact) mass is 364 g/mol. The predicted molar refractivity (Wildman–Crippen MR) is 96.6 cm³/mol. The molecule has 0 aliphatic heterocycles. The van der Waals surface area contributed by atoms with Crippen LogP contribution in [0.25, 0.3) is 0 Å². The Morgan fingerprint density at radius 1 is 1.16 bits per heavy atom. The molecule has 136 valence electrons. The fourth-order valence-electron chi connectivity index (χ4n) is 2.44. The summed E-state index contributed by atoms with van der Waals surface area (Å²) in [7, 11) is 1.61. The molecule has 0 unspecified atom stereocenters. The minimum Gasteiger partial charge on any atom is -0.383 e. The number of carbonyl (C=O) groups excluding carboxylic acids is 2. The normalized spacial score (nSPS) is 15.3. The summed E-state index contributed by atoms with van der Waals surface area (Å²) in [5, 5.41) is 0. The summed E-state index contributed by atoms with van der Waals surface area (Å²) in [6.45, 7) is 0.0770. The molecule has 0 bridgehead atoms. The molecule has 0 saturated heterocycles. The lowest BCUT2D eigenvalue weighted by Gasteiger charge is -2.17. The largest absolute Gasteiger partial charge is 0.383 e. The molecule has 0 aromatic heterocycles. The van der Waals surface area contributed by atoms with Crippen molar-refractivity contribution in [2.24, 2.45) is 5.92 Å². The van der Waals surface area contributed by atoms with Gasteiger partial charge in [0, 0.05) is 45.4 Å². The highest BCUT2D eigenvalue weighted by Crippen LogP contribution is 2.33. The van der Waals surface area contributed by atoms with Crippen molar-refractivity contribution in [3.63, 3.8) is 0 Å². The maximum atomic E-state index is 13.0. The highest BCUT2D eigenvalue weighted by molar-refractivity contribution is 7.88. The number of hydrogen-bond acceptors (Lipinski definition) is 5. The highest BCUT2D eigenvalue weighted by Gasteiger charge is 2.35. The van der Waals surface area contributed by atoms with E-state index < -0.39 is 10.0 Å². The number of rotatable bonds is 8. The second-order valence-corrected chi connectivity index (χ2v) is 8.74. The molecule has 0 N–H and O–H groups in total. The number of allylic oxidation sites excluding steroid dienone is 1. The molecule has 0 atom stereocenters. The molecule has 0 heterocycles. The van der Waals surface area contributed by atoms with Crippen molar-refractivity contribution in [3.05, 3.63) is 47.2 Å². The molecule has 1 aliphatic carbocycles. The van der Waals surface area contributed by atoms with E-state index in [9.17, 15) is 18.0 Å². The van der Waals surface area contributed by atoms with Gasteiger partial charge in [0.25, 0.3) is 0 Å². The molecule has 2 rings (SSSR count). The molecule has 1 aromatic rings. The smallest absolute Gasteiger partial charge is 0.211 e. The molecule has 1 aliphatic rings. The first kappa shape index (κ1) is 19.3. The molecule has 1 fully saturated rings. The van der Waals surface area contributed by atoms with Crippen molar-refractivity contribution >= 4 is 21.6 Å². The first-order valence-electron chi connectivity index (χ1n) is 8.07. The van der Waals surface area contributed by atoms with E-state index in [0.717, 1.165) is 19.1 Å². The average molecular weight is 364 g/mol. The van der Waals surface area contributed by atoms with Crippen LogP contribution in [0.1, 0.15) is 28.8 Å². The van der Waals surface area contributed by atoms with Gasteiger partial charge in [0.2, 0.25) is 10.0 Å². The van der Waals surface area contributed by atoms with Gasteiger partial charge in [0.1, 0.15) is 0 Å². The van der Waals surface area contributed by atoms with Crippen LogP contribution in [-0.2, 0) is 21.4 Å². The van der Waals surface area contributed by atoms with Crippen LogP contribution >= 0.6 is 0 Å². The molecular weight excluding hydrogens is 340 g/mol. The Balaban J connectivity index is 2.39. The van der Waals surface area contributed by atoms with E-state index in [4.69, 9.17) is 0 Å². The van der Waals surface area contributed by atoms with E-state index in [2.05, 4.69) is 0 Å². The topological polar surface area (TPSA) is 74.8 Å². The highest BCUT2D eigenvalue weighted by atomic mass is 32.2. The van der Waals surface area contributed by atoms with Gasteiger partial charge in [-0.1, -0.05) is 24.3 Å². The van der Waals surface area contributed by atoms with Gasteiger partial charge in [-0.15, -0.1) is 0 Å². The molecule has 1 saturated carbocycles. The zero-order valence-electron chi connectivity index (χ0n) is 15.0. The molecule has 7 heteroatoms. The van der Waals surface area contributed by atoms with Crippen molar-refractivity contribution in [1.29, 1.82) is 0 Å². The van der Waals surface area contributed by atoms with Gasteiger partial charge in [-0.05, 0) is 18.4 Å². The SMILES string of the molecule is CN(C)C=C(C(=O)c1ccccc1CN(C)S(C)(=O)=O)C(=O)C1CC1. The number of nitrogens with zero attached hydrogens (tertiary/aromatic N) is 2. The molecule has 0 amide bonds. The fourth-order valence-corrected chi connectivity index (χ4v) is 2.81. The Bertz CT molecular complexity index is 808. The van der Waals surface area contributed by atoms with Crippen LogP contribution in [0.4, 0.5) is 0 Å². The van der Waals surface area contributed by atoms with Gasteiger partial charge in [0.05, 0.1) is 11.8 Å². The Labute approximate surface area is 149 Å². The lowest BCUT2D eigenvalue weighted by Crippen LogP contribution is -2.26. The van der Waals surface area contributed by atoms with E-state index in [1.807, 2.05) is 0 Å². The number of ketones is 2. The molecule has 0 radical (unpaired) electrons. The first-order chi connectivity index (χ1) is 11.6. The van der Waals surface area contributed by atoms with Crippen LogP contribution in [0.5, 0.6) is 0 Å². The van der Waals surface area contributed by atoms with Crippen LogP contribution < -0.4 is 0 Å². The van der Waals surface area contributed by atoms with Crippen molar-refractivity contribution < 1.29 is 18.0 Å². The Hall–Kier alpha value is -1.99. The van der Waals surface area contributed by atoms with Gasteiger partial charge in [-0.3, -0.25) is 9.59 Å². The summed E-state index contributed by atoms with van der Waals surface area (Å²) in [6, 6.07) is 6.81. The zero-order valence-corrected chi connectivity index (χ0v) is 15.8. The van der Waals surface area contributed by atoms with Crippen molar-refractivity contribution in [3.8, 4) is 0 Å².